The monoisotopic (exact) mass is 275 g/mol. The molecule has 3 heteroatoms. The van der Waals surface area contributed by atoms with Crippen LogP contribution in [0.25, 0.3) is 0 Å². The van der Waals surface area contributed by atoms with Crippen LogP contribution in [0.15, 0.2) is 18.2 Å². The normalized spacial score (nSPS) is 28.6. The Kier molecular flexibility index (Phi) is 3.41. The molecule has 1 aliphatic heterocycles. The maximum Gasteiger partial charge on any atom is 0.231 e. The molecule has 1 aromatic rings. The molecular weight excluding hydrogens is 250 g/mol. The lowest BCUT2D eigenvalue weighted by Gasteiger charge is -2.24. The molecule has 1 N–H and O–H groups in total. The summed E-state index contributed by atoms with van der Waals surface area (Å²) >= 11 is 0. The summed E-state index contributed by atoms with van der Waals surface area (Å²) < 4.78 is 10.8. The Labute approximate surface area is 121 Å². The van der Waals surface area contributed by atoms with Gasteiger partial charge >= 0.3 is 0 Å². The van der Waals surface area contributed by atoms with Crippen molar-refractivity contribution >= 4 is 0 Å². The van der Waals surface area contributed by atoms with Gasteiger partial charge in [-0.3, -0.25) is 0 Å². The van der Waals surface area contributed by atoms with Crippen molar-refractivity contribution in [2.45, 2.75) is 52.6 Å². The maximum atomic E-state index is 5.46. The summed E-state index contributed by atoms with van der Waals surface area (Å²) in [6, 6.07) is 7.19. The zero-order valence-corrected chi connectivity index (χ0v) is 12.9. The number of hydrogen-bond acceptors (Lipinski definition) is 3. The standard InChI is InChI=1S/C17H25NO2/c1-11-8-17(3,4)9-14(11)18-12(2)13-5-6-15-16(7-13)20-10-19-15/h5-7,11-12,14,18H,8-10H2,1-4H3. The van der Waals surface area contributed by atoms with Gasteiger partial charge in [-0.15, -0.1) is 0 Å². The smallest absolute Gasteiger partial charge is 0.231 e. The molecule has 1 aromatic carbocycles. The zero-order valence-electron chi connectivity index (χ0n) is 12.9. The van der Waals surface area contributed by atoms with Crippen LogP contribution in [0.4, 0.5) is 0 Å². The second-order valence-corrected chi connectivity index (χ2v) is 7.16. The highest BCUT2D eigenvalue weighted by Crippen LogP contribution is 2.42. The van der Waals surface area contributed by atoms with E-state index in [1.807, 2.05) is 6.07 Å². The highest BCUT2D eigenvalue weighted by Gasteiger charge is 2.37. The minimum Gasteiger partial charge on any atom is -0.454 e. The first kappa shape index (κ1) is 13.7. The maximum absolute atomic E-state index is 5.46. The van der Waals surface area contributed by atoms with Gasteiger partial charge < -0.3 is 14.8 Å². The van der Waals surface area contributed by atoms with E-state index >= 15 is 0 Å². The molecule has 1 aliphatic carbocycles. The Morgan fingerprint density at radius 2 is 1.95 bits per heavy atom. The average Bonchev–Trinajstić information content (AvgIpc) is 2.92. The second kappa shape index (κ2) is 4.96. The van der Waals surface area contributed by atoms with E-state index in [1.54, 1.807) is 0 Å². The van der Waals surface area contributed by atoms with Crippen molar-refractivity contribution in [3.63, 3.8) is 0 Å². The van der Waals surface area contributed by atoms with Gasteiger partial charge in [-0.25, -0.2) is 0 Å². The van der Waals surface area contributed by atoms with Gasteiger partial charge in [0, 0.05) is 12.1 Å². The fraction of sp³-hybridized carbons (Fsp3) is 0.647. The predicted octanol–water partition coefficient (Wildman–Crippen LogP) is 3.89. The van der Waals surface area contributed by atoms with Crippen LogP contribution in [-0.4, -0.2) is 12.8 Å². The molecule has 3 unspecified atom stereocenters. The van der Waals surface area contributed by atoms with Crippen LogP contribution >= 0.6 is 0 Å². The van der Waals surface area contributed by atoms with Gasteiger partial charge in [0.2, 0.25) is 6.79 Å². The van der Waals surface area contributed by atoms with Gasteiger partial charge in [0.05, 0.1) is 0 Å². The fourth-order valence-electron chi connectivity index (χ4n) is 3.72. The molecule has 0 spiro atoms. The van der Waals surface area contributed by atoms with Crippen molar-refractivity contribution in [1.29, 1.82) is 0 Å². The lowest BCUT2D eigenvalue weighted by molar-refractivity contribution is 0.174. The van der Waals surface area contributed by atoms with Crippen LogP contribution in [0, 0.1) is 11.3 Å². The minimum atomic E-state index is 0.339. The largest absolute Gasteiger partial charge is 0.454 e. The molecule has 0 amide bonds. The first-order valence-electron chi connectivity index (χ1n) is 7.60. The molecular formula is C17H25NO2. The molecule has 1 saturated carbocycles. The fourth-order valence-corrected chi connectivity index (χ4v) is 3.72. The third-order valence-corrected chi connectivity index (χ3v) is 4.69. The van der Waals surface area contributed by atoms with Gasteiger partial charge in [-0.2, -0.15) is 0 Å². The Hall–Kier alpha value is -1.22. The highest BCUT2D eigenvalue weighted by atomic mass is 16.7. The number of nitrogens with one attached hydrogen (secondary N) is 1. The van der Waals surface area contributed by atoms with Crippen LogP contribution < -0.4 is 14.8 Å². The topological polar surface area (TPSA) is 30.5 Å². The Balaban J connectivity index is 1.69. The van der Waals surface area contributed by atoms with Gasteiger partial charge in [0.25, 0.3) is 0 Å². The molecule has 0 bridgehead atoms. The summed E-state index contributed by atoms with van der Waals surface area (Å²) in [5, 5.41) is 3.80. The highest BCUT2D eigenvalue weighted by molar-refractivity contribution is 5.45. The van der Waals surface area contributed by atoms with Gasteiger partial charge in [0.1, 0.15) is 0 Å². The molecule has 2 aliphatic rings. The number of ether oxygens (including phenoxy) is 2. The number of benzene rings is 1. The average molecular weight is 275 g/mol. The third-order valence-electron chi connectivity index (χ3n) is 4.69. The molecule has 0 saturated heterocycles. The van der Waals surface area contributed by atoms with Gasteiger partial charge in [0.15, 0.2) is 11.5 Å². The van der Waals surface area contributed by atoms with Crippen molar-refractivity contribution in [3.05, 3.63) is 23.8 Å². The molecule has 1 heterocycles. The van der Waals surface area contributed by atoms with E-state index in [0.717, 1.165) is 17.4 Å². The van der Waals surface area contributed by atoms with E-state index in [9.17, 15) is 0 Å². The zero-order chi connectivity index (χ0) is 14.3. The lowest BCUT2D eigenvalue weighted by atomic mass is 9.91. The summed E-state index contributed by atoms with van der Waals surface area (Å²) in [4.78, 5) is 0. The Morgan fingerprint density at radius 3 is 2.65 bits per heavy atom. The first-order valence-corrected chi connectivity index (χ1v) is 7.60. The van der Waals surface area contributed by atoms with E-state index < -0.39 is 0 Å². The predicted molar refractivity (Wildman–Crippen MR) is 80.1 cm³/mol. The van der Waals surface area contributed by atoms with E-state index in [-0.39, 0.29) is 0 Å². The first-order chi connectivity index (χ1) is 9.44. The van der Waals surface area contributed by atoms with E-state index in [0.29, 0.717) is 24.3 Å². The number of rotatable bonds is 3. The van der Waals surface area contributed by atoms with Crippen molar-refractivity contribution in [1.82, 2.24) is 5.32 Å². The van der Waals surface area contributed by atoms with Crippen LogP contribution in [-0.2, 0) is 0 Å². The van der Waals surface area contributed by atoms with Crippen LogP contribution in [0.5, 0.6) is 11.5 Å². The van der Waals surface area contributed by atoms with Gasteiger partial charge in [-0.05, 0) is 48.8 Å². The molecule has 1 fully saturated rings. The van der Waals surface area contributed by atoms with E-state index in [4.69, 9.17) is 9.47 Å². The molecule has 3 rings (SSSR count). The second-order valence-electron chi connectivity index (χ2n) is 7.16. The van der Waals surface area contributed by atoms with Crippen molar-refractivity contribution in [2.75, 3.05) is 6.79 Å². The van der Waals surface area contributed by atoms with Crippen molar-refractivity contribution < 1.29 is 9.47 Å². The summed E-state index contributed by atoms with van der Waals surface area (Å²) in [6.07, 6.45) is 2.56. The van der Waals surface area contributed by atoms with Crippen LogP contribution in [0.2, 0.25) is 0 Å². The van der Waals surface area contributed by atoms with Crippen molar-refractivity contribution in [3.8, 4) is 11.5 Å². The van der Waals surface area contributed by atoms with Crippen LogP contribution in [0.3, 0.4) is 0 Å². The SMILES string of the molecule is CC(NC1CC(C)(C)CC1C)c1ccc2c(c1)OCO2. The van der Waals surface area contributed by atoms with E-state index in [2.05, 4.69) is 45.1 Å². The van der Waals surface area contributed by atoms with Crippen LogP contribution in [0.1, 0.15) is 52.1 Å². The lowest BCUT2D eigenvalue weighted by Crippen LogP contribution is -2.33. The molecule has 0 radical (unpaired) electrons. The summed E-state index contributed by atoms with van der Waals surface area (Å²) in [5.74, 6) is 2.47. The Morgan fingerprint density at radius 1 is 1.20 bits per heavy atom. The van der Waals surface area contributed by atoms with E-state index in [1.165, 1.54) is 18.4 Å². The number of hydrogen-bond donors (Lipinski definition) is 1. The third kappa shape index (κ3) is 2.64. The summed E-state index contributed by atoms with van der Waals surface area (Å²) in [6.45, 7) is 9.68. The molecule has 3 atom stereocenters. The number of fused-ring (bicyclic) bond motifs is 1. The summed E-state index contributed by atoms with van der Waals surface area (Å²) in [5.41, 5.74) is 1.73. The molecule has 0 aromatic heterocycles. The van der Waals surface area contributed by atoms with Gasteiger partial charge in [-0.1, -0.05) is 26.8 Å². The minimum absolute atomic E-state index is 0.339. The summed E-state index contributed by atoms with van der Waals surface area (Å²) in [7, 11) is 0. The Bertz CT molecular complexity index is 498. The molecule has 20 heavy (non-hydrogen) atoms. The molecule has 110 valence electrons. The quantitative estimate of drug-likeness (QED) is 0.907. The molecule has 3 nitrogen and oxygen atoms in total. The van der Waals surface area contributed by atoms with Crippen molar-refractivity contribution in [2.24, 2.45) is 11.3 Å².